The molecule has 34 heavy (non-hydrogen) atoms. The molecule has 0 heterocycles. The number of carbonyl (C=O) groups is 2. The second-order valence-corrected chi connectivity index (χ2v) is 13.4. The number of Topliss-reactive ketones (excluding diaryl/α,β-unsaturated/α-hetero) is 1. The summed E-state index contributed by atoms with van der Waals surface area (Å²) in [5, 5.41) is 21.0. The maximum atomic E-state index is 12.8. The Kier molecular flexibility index (Phi) is 6.28. The first-order valence-corrected chi connectivity index (χ1v) is 13.5. The van der Waals surface area contributed by atoms with E-state index in [1.54, 1.807) is 12.5 Å². The molecule has 3 fully saturated rings. The molecule has 0 bridgehead atoms. The third-order valence-corrected chi connectivity index (χ3v) is 11.8. The highest BCUT2D eigenvalue weighted by Gasteiger charge is 2.68. The Labute approximate surface area is 206 Å². The van der Waals surface area contributed by atoms with Crippen LogP contribution >= 0.6 is 0 Å². The Morgan fingerprint density at radius 3 is 2.53 bits per heavy atom. The molecule has 0 aromatic carbocycles. The maximum Gasteiger partial charge on any atom is 0.330 e. The van der Waals surface area contributed by atoms with E-state index in [1.807, 2.05) is 6.08 Å². The molecule has 0 radical (unpaired) electrons. The minimum atomic E-state index is -0.842. The van der Waals surface area contributed by atoms with E-state index in [0.717, 1.165) is 44.9 Å². The van der Waals surface area contributed by atoms with Gasteiger partial charge in [0.05, 0.1) is 6.10 Å². The molecule has 0 unspecified atom stereocenters. The van der Waals surface area contributed by atoms with Gasteiger partial charge in [0.1, 0.15) is 5.78 Å². The van der Waals surface area contributed by atoms with E-state index in [2.05, 4.69) is 47.6 Å². The lowest BCUT2D eigenvalue weighted by Gasteiger charge is -2.64. The fraction of sp³-hybridized carbons (Fsp3) is 0.800. The predicted octanol–water partition coefficient (Wildman–Crippen LogP) is 6.58. The summed E-state index contributed by atoms with van der Waals surface area (Å²) < 4.78 is 0. The number of hydrogen-bond acceptors (Lipinski definition) is 3. The highest BCUT2D eigenvalue weighted by molar-refractivity contribution is 5.86. The number of carbonyl (C=O) groups excluding carboxylic acids is 1. The number of allylic oxidation sites excluding steroid dienone is 3. The van der Waals surface area contributed by atoms with Gasteiger partial charge in [-0.2, -0.15) is 0 Å². The van der Waals surface area contributed by atoms with Gasteiger partial charge < -0.3 is 10.2 Å². The van der Waals surface area contributed by atoms with Gasteiger partial charge in [-0.15, -0.1) is 0 Å². The average Bonchev–Trinajstić information content (AvgIpc) is 3.05. The Morgan fingerprint density at radius 2 is 1.88 bits per heavy atom. The van der Waals surface area contributed by atoms with Crippen LogP contribution in [0.1, 0.15) is 99.8 Å². The summed E-state index contributed by atoms with van der Waals surface area (Å²) >= 11 is 0. The number of hydrogen-bond donors (Lipinski definition) is 2. The standard InChI is InChI=1S/C30H46O4/c1-18(9-8-10-19(2)26(33)34)20-13-16-29(6)21-11-12-23-27(3,4)24(31)14-15-28(23,5)22(21)17-25(32)30(20,29)7/h10-11,18,20,22-23,25,32H,8-9,12-17H2,1-7H3,(H,33,34)/t18-,20-,22-,23+,25+,28-,29+,30+/m1/s1. The van der Waals surface area contributed by atoms with Crippen LogP contribution in [0.4, 0.5) is 0 Å². The smallest absolute Gasteiger partial charge is 0.330 e. The van der Waals surface area contributed by atoms with Crippen molar-refractivity contribution in [3.63, 3.8) is 0 Å². The van der Waals surface area contributed by atoms with Crippen molar-refractivity contribution in [1.82, 2.24) is 0 Å². The van der Waals surface area contributed by atoms with Crippen molar-refractivity contribution < 1.29 is 19.8 Å². The predicted molar refractivity (Wildman–Crippen MR) is 135 cm³/mol. The van der Waals surface area contributed by atoms with Crippen LogP contribution in [0.25, 0.3) is 0 Å². The van der Waals surface area contributed by atoms with Crippen molar-refractivity contribution in [1.29, 1.82) is 0 Å². The van der Waals surface area contributed by atoms with Crippen LogP contribution in [0, 0.1) is 45.3 Å². The van der Waals surface area contributed by atoms with E-state index in [-0.39, 0.29) is 27.8 Å². The van der Waals surface area contributed by atoms with Gasteiger partial charge in [-0.1, -0.05) is 59.3 Å². The van der Waals surface area contributed by atoms with Gasteiger partial charge in [0, 0.05) is 22.8 Å². The monoisotopic (exact) mass is 470 g/mol. The van der Waals surface area contributed by atoms with Crippen LogP contribution in [0.3, 0.4) is 0 Å². The Morgan fingerprint density at radius 1 is 1.21 bits per heavy atom. The van der Waals surface area contributed by atoms with E-state index >= 15 is 0 Å². The third kappa shape index (κ3) is 3.41. The van der Waals surface area contributed by atoms with Crippen molar-refractivity contribution in [2.75, 3.05) is 0 Å². The summed E-state index contributed by atoms with van der Waals surface area (Å²) in [6.07, 6.45) is 11.3. The fourth-order valence-electron chi connectivity index (χ4n) is 9.31. The number of carboxylic acid groups (broad SMARTS) is 1. The van der Waals surface area contributed by atoms with Gasteiger partial charge in [-0.05, 0) is 86.4 Å². The Balaban J connectivity index is 1.64. The van der Waals surface area contributed by atoms with Crippen LogP contribution in [-0.4, -0.2) is 28.1 Å². The van der Waals surface area contributed by atoms with Crippen LogP contribution in [-0.2, 0) is 9.59 Å². The lowest BCUT2D eigenvalue weighted by atomic mass is 9.40. The number of aliphatic hydroxyl groups excluding tert-OH is 1. The van der Waals surface area contributed by atoms with Crippen molar-refractivity contribution in [3.8, 4) is 0 Å². The van der Waals surface area contributed by atoms with Gasteiger partial charge in [0.2, 0.25) is 0 Å². The molecule has 0 aliphatic heterocycles. The lowest BCUT2D eigenvalue weighted by Crippen LogP contribution is -2.61. The van der Waals surface area contributed by atoms with Crippen LogP contribution in [0.5, 0.6) is 0 Å². The quantitative estimate of drug-likeness (QED) is 0.352. The molecule has 4 nitrogen and oxygen atoms in total. The first-order valence-electron chi connectivity index (χ1n) is 13.5. The van der Waals surface area contributed by atoms with Gasteiger partial charge in [0.25, 0.3) is 0 Å². The molecule has 0 aromatic rings. The minimum Gasteiger partial charge on any atom is -0.478 e. The summed E-state index contributed by atoms with van der Waals surface area (Å²) in [4.78, 5) is 24.0. The van der Waals surface area contributed by atoms with Gasteiger partial charge in [-0.25, -0.2) is 4.79 Å². The van der Waals surface area contributed by atoms with Crippen molar-refractivity contribution in [2.45, 2.75) is 106 Å². The minimum absolute atomic E-state index is 0.0271. The molecule has 0 saturated heterocycles. The number of aliphatic carboxylic acids is 1. The molecule has 4 aliphatic rings. The maximum absolute atomic E-state index is 12.8. The molecule has 4 heteroatoms. The SMILES string of the molecule is CC(=CCC[C@@H](C)[C@H]1CC[C@@]2(C)C3=CC[C@H]4C(C)(C)C(=O)CC[C@]4(C)[C@@H]3C[C@H](O)[C@]12C)C(=O)O. The number of rotatable bonds is 5. The van der Waals surface area contributed by atoms with Crippen molar-refractivity contribution >= 4 is 11.8 Å². The highest BCUT2D eigenvalue weighted by atomic mass is 16.4. The zero-order valence-electron chi connectivity index (χ0n) is 22.4. The number of aliphatic hydroxyl groups is 1. The molecule has 8 atom stereocenters. The Hall–Kier alpha value is -1.42. The molecular weight excluding hydrogens is 424 g/mol. The van der Waals surface area contributed by atoms with Gasteiger partial charge in [-0.3, -0.25) is 4.79 Å². The highest BCUT2D eigenvalue weighted by Crippen LogP contribution is 2.73. The molecule has 0 spiro atoms. The molecule has 190 valence electrons. The number of carboxylic acids is 1. The molecular formula is C30H46O4. The van der Waals surface area contributed by atoms with Crippen molar-refractivity contribution in [2.24, 2.45) is 45.3 Å². The third-order valence-electron chi connectivity index (χ3n) is 11.8. The van der Waals surface area contributed by atoms with Crippen LogP contribution in [0.15, 0.2) is 23.3 Å². The normalized spacial score (nSPS) is 44.5. The molecule has 0 amide bonds. The fourth-order valence-corrected chi connectivity index (χ4v) is 9.31. The lowest BCUT2D eigenvalue weighted by molar-refractivity contribution is -0.155. The molecule has 2 N–H and O–H groups in total. The van der Waals surface area contributed by atoms with Crippen LogP contribution in [0.2, 0.25) is 0 Å². The van der Waals surface area contributed by atoms with E-state index in [9.17, 15) is 14.7 Å². The number of ketones is 1. The molecule has 0 aromatic heterocycles. The summed E-state index contributed by atoms with van der Waals surface area (Å²) in [5.74, 6) is 1.10. The summed E-state index contributed by atoms with van der Waals surface area (Å²) in [5.41, 5.74) is 1.55. The zero-order chi connectivity index (χ0) is 25.3. The van der Waals surface area contributed by atoms with Crippen molar-refractivity contribution in [3.05, 3.63) is 23.3 Å². The second kappa shape index (κ2) is 8.32. The summed E-state index contributed by atoms with van der Waals surface area (Å²) in [6.45, 7) is 15.4. The first-order chi connectivity index (χ1) is 15.7. The first kappa shape index (κ1) is 25.7. The van der Waals surface area contributed by atoms with E-state index in [0.29, 0.717) is 41.4 Å². The summed E-state index contributed by atoms with van der Waals surface area (Å²) in [6, 6.07) is 0. The van der Waals surface area contributed by atoms with Gasteiger partial charge in [0.15, 0.2) is 0 Å². The second-order valence-electron chi connectivity index (χ2n) is 13.4. The number of fused-ring (bicyclic) bond motifs is 5. The van der Waals surface area contributed by atoms with Crippen LogP contribution < -0.4 is 0 Å². The van der Waals surface area contributed by atoms with E-state index in [1.165, 1.54) is 0 Å². The zero-order valence-corrected chi connectivity index (χ0v) is 22.4. The topological polar surface area (TPSA) is 74.6 Å². The average molecular weight is 471 g/mol. The molecule has 4 rings (SSSR count). The largest absolute Gasteiger partial charge is 0.478 e. The summed E-state index contributed by atoms with van der Waals surface area (Å²) in [7, 11) is 0. The molecule has 3 saturated carbocycles. The van der Waals surface area contributed by atoms with E-state index < -0.39 is 5.97 Å². The van der Waals surface area contributed by atoms with E-state index in [4.69, 9.17) is 5.11 Å². The molecule has 4 aliphatic carbocycles. The van der Waals surface area contributed by atoms with Gasteiger partial charge >= 0.3 is 5.97 Å². The Bertz CT molecular complexity index is 928.